The number of aryl methyl sites for hydroxylation is 1. The molecule has 1 unspecified atom stereocenters. The van der Waals surface area contributed by atoms with E-state index in [1.807, 2.05) is 23.1 Å². The lowest BCUT2D eigenvalue weighted by atomic mass is 9.97. The number of benzene rings is 2. The normalized spacial score (nSPS) is 16.4. The quantitative estimate of drug-likeness (QED) is 0.543. The number of carbonyl (C=O) groups excluding carboxylic acids is 1. The predicted molar refractivity (Wildman–Crippen MR) is 115 cm³/mol. The molecular weight excluding hydrogens is 421 g/mol. The summed E-state index contributed by atoms with van der Waals surface area (Å²) >= 11 is 6.17. The molecule has 4 rings (SSSR count). The Morgan fingerprint density at radius 1 is 1.32 bits per heavy atom. The minimum Gasteiger partial charge on any atom is -0.495 e. The number of ether oxygens (including phenoxy) is 1. The molecule has 1 aliphatic heterocycles. The molecule has 0 bridgehead atoms. The third-order valence-corrected chi connectivity index (χ3v) is 5.79. The van der Waals surface area contributed by atoms with Gasteiger partial charge in [0.1, 0.15) is 11.6 Å². The Bertz CT molecular complexity index is 1070. The molecule has 1 saturated heterocycles. The topological polar surface area (TPSA) is 68.5 Å². The summed E-state index contributed by atoms with van der Waals surface area (Å²) in [6.07, 6.45) is 2.73. The highest BCUT2D eigenvalue weighted by molar-refractivity contribution is 6.32. The molecule has 162 valence electrons. The van der Waals surface area contributed by atoms with E-state index in [1.54, 1.807) is 19.2 Å². The molecule has 0 N–H and O–H groups in total. The Kier molecular flexibility index (Phi) is 6.51. The van der Waals surface area contributed by atoms with Gasteiger partial charge in [0.15, 0.2) is 0 Å². The molecule has 1 aromatic heterocycles. The molecule has 8 heteroatoms. The first-order valence-electron chi connectivity index (χ1n) is 10.2. The average Bonchev–Trinajstić information content (AvgIpc) is 3.28. The summed E-state index contributed by atoms with van der Waals surface area (Å²) in [5, 5.41) is 4.53. The van der Waals surface area contributed by atoms with Crippen molar-refractivity contribution in [3.63, 3.8) is 0 Å². The van der Waals surface area contributed by atoms with Crippen molar-refractivity contribution in [1.29, 1.82) is 0 Å². The summed E-state index contributed by atoms with van der Waals surface area (Å²) in [5.41, 5.74) is 1.56. The van der Waals surface area contributed by atoms with Crippen LogP contribution in [0.15, 0.2) is 47.0 Å². The molecule has 6 nitrogen and oxygen atoms in total. The van der Waals surface area contributed by atoms with Crippen LogP contribution in [0.2, 0.25) is 5.02 Å². The molecule has 0 radical (unpaired) electrons. The fourth-order valence-electron chi connectivity index (χ4n) is 3.83. The minimum atomic E-state index is -0.351. The maximum absolute atomic E-state index is 13.5. The molecule has 1 fully saturated rings. The second-order valence-corrected chi connectivity index (χ2v) is 8.02. The zero-order valence-electron chi connectivity index (χ0n) is 17.2. The molecule has 1 amide bonds. The molecule has 31 heavy (non-hydrogen) atoms. The first kappa shape index (κ1) is 21.3. The summed E-state index contributed by atoms with van der Waals surface area (Å²) in [5.74, 6) is 1.17. The number of methoxy groups -OCH3 is 1. The first-order valence-corrected chi connectivity index (χ1v) is 10.6. The highest BCUT2D eigenvalue weighted by atomic mass is 35.5. The second-order valence-electron chi connectivity index (χ2n) is 7.61. The smallest absolute Gasteiger partial charge is 0.231 e. The lowest BCUT2D eigenvalue weighted by Crippen LogP contribution is -2.39. The zero-order chi connectivity index (χ0) is 21.8. The minimum absolute atomic E-state index is 0.0251. The van der Waals surface area contributed by atoms with Gasteiger partial charge >= 0.3 is 0 Å². The lowest BCUT2D eigenvalue weighted by molar-refractivity contribution is -0.132. The van der Waals surface area contributed by atoms with Gasteiger partial charge in [0, 0.05) is 25.1 Å². The van der Waals surface area contributed by atoms with Crippen LogP contribution in [0, 0.1) is 5.82 Å². The van der Waals surface area contributed by atoms with E-state index in [0.717, 1.165) is 18.4 Å². The van der Waals surface area contributed by atoms with Crippen LogP contribution >= 0.6 is 11.6 Å². The van der Waals surface area contributed by atoms with Gasteiger partial charge in [0.2, 0.25) is 17.6 Å². The summed E-state index contributed by atoms with van der Waals surface area (Å²) in [4.78, 5) is 19.1. The van der Waals surface area contributed by atoms with Crippen molar-refractivity contribution in [3.8, 4) is 17.1 Å². The van der Waals surface area contributed by atoms with E-state index in [-0.39, 0.29) is 17.6 Å². The van der Waals surface area contributed by atoms with Gasteiger partial charge in [0.05, 0.1) is 18.1 Å². The molecular formula is C23H23ClFN3O3. The van der Waals surface area contributed by atoms with Gasteiger partial charge in [0.25, 0.3) is 0 Å². The summed E-state index contributed by atoms with van der Waals surface area (Å²) in [6.45, 7) is 1.25. The molecule has 1 aliphatic rings. The number of hydrogen-bond acceptors (Lipinski definition) is 5. The van der Waals surface area contributed by atoms with Crippen LogP contribution < -0.4 is 4.74 Å². The Balaban J connectivity index is 1.37. The number of hydrogen-bond donors (Lipinski definition) is 0. The van der Waals surface area contributed by atoms with Crippen molar-refractivity contribution in [2.45, 2.75) is 31.6 Å². The average molecular weight is 444 g/mol. The van der Waals surface area contributed by atoms with Crippen molar-refractivity contribution >= 4 is 17.5 Å². The van der Waals surface area contributed by atoms with Gasteiger partial charge in [-0.25, -0.2) is 4.39 Å². The number of amides is 1. The Morgan fingerprint density at radius 3 is 2.97 bits per heavy atom. The maximum atomic E-state index is 13.5. The summed E-state index contributed by atoms with van der Waals surface area (Å²) in [6, 6.07) is 11.6. The van der Waals surface area contributed by atoms with E-state index in [2.05, 4.69) is 10.1 Å². The first-order chi connectivity index (χ1) is 15.0. The van der Waals surface area contributed by atoms with Crippen LogP contribution in [0.1, 0.15) is 36.6 Å². The molecule has 1 atom stereocenters. The van der Waals surface area contributed by atoms with Crippen LogP contribution in [-0.2, 0) is 11.2 Å². The van der Waals surface area contributed by atoms with Crippen LogP contribution in [0.25, 0.3) is 11.4 Å². The maximum Gasteiger partial charge on any atom is 0.231 e. The molecule has 0 aliphatic carbocycles. The highest BCUT2D eigenvalue weighted by Crippen LogP contribution is 2.29. The van der Waals surface area contributed by atoms with E-state index in [0.29, 0.717) is 54.0 Å². The number of piperidine rings is 1. The van der Waals surface area contributed by atoms with E-state index in [4.69, 9.17) is 20.9 Å². The van der Waals surface area contributed by atoms with Crippen molar-refractivity contribution in [3.05, 3.63) is 64.8 Å². The van der Waals surface area contributed by atoms with E-state index in [1.165, 1.54) is 12.1 Å². The highest BCUT2D eigenvalue weighted by Gasteiger charge is 2.28. The van der Waals surface area contributed by atoms with Crippen LogP contribution in [0.3, 0.4) is 0 Å². The number of aromatic nitrogens is 2. The fourth-order valence-corrected chi connectivity index (χ4v) is 4.11. The van der Waals surface area contributed by atoms with Gasteiger partial charge in [-0.05, 0) is 49.1 Å². The molecule has 0 spiro atoms. The lowest BCUT2D eigenvalue weighted by Gasteiger charge is -2.31. The predicted octanol–water partition coefficient (Wildman–Crippen LogP) is 4.88. The van der Waals surface area contributed by atoms with E-state index >= 15 is 0 Å². The number of likely N-dealkylation sites (tertiary alicyclic amines) is 1. The molecule has 0 saturated carbocycles. The number of nitrogens with zero attached hydrogens (tertiary/aromatic N) is 3. The van der Waals surface area contributed by atoms with Crippen molar-refractivity contribution < 1.29 is 18.4 Å². The van der Waals surface area contributed by atoms with E-state index < -0.39 is 0 Å². The Hall–Kier alpha value is -2.93. The molecule has 2 heterocycles. The van der Waals surface area contributed by atoms with Gasteiger partial charge in [-0.15, -0.1) is 0 Å². The van der Waals surface area contributed by atoms with Crippen LogP contribution in [0.4, 0.5) is 4.39 Å². The Morgan fingerprint density at radius 2 is 2.19 bits per heavy atom. The van der Waals surface area contributed by atoms with Gasteiger partial charge in [-0.2, -0.15) is 4.98 Å². The van der Waals surface area contributed by atoms with Crippen LogP contribution in [-0.4, -0.2) is 41.1 Å². The summed E-state index contributed by atoms with van der Waals surface area (Å²) < 4.78 is 24.1. The summed E-state index contributed by atoms with van der Waals surface area (Å²) in [7, 11) is 1.57. The number of carbonyl (C=O) groups is 1. The van der Waals surface area contributed by atoms with Crippen LogP contribution in [0.5, 0.6) is 5.75 Å². The molecule has 3 aromatic rings. The largest absolute Gasteiger partial charge is 0.495 e. The third kappa shape index (κ3) is 5.05. The van der Waals surface area contributed by atoms with Gasteiger partial charge in [-0.3, -0.25) is 4.79 Å². The standard InChI is InChI=1S/C23H23ClFN3O3/c1-30-20-9-7-15(12-19(20)24)8-10-21(29)28-11-3-5-17(14-28)23-26-22(27-31-23)16-4-2-6-18(25)13-16/h2,4,6-7,9,12-13,17H,3,5,8,10-11,14H2,1H3. The third-order valence-electron chi connectivity index (χ3n) is 5.49. The fraction of sp³-hybridized carbons (Fsp3) is 0.348. The monoisotopic (exact) mass is 443 g/mol. The number of rotatable bonds is 6. The number of halogens is 2. The SMILES string of the molecule is COc1ccc(CCC(=O)N2CCCC(c3nc(-c4cccc(F)c4)no3)C2)cc1Cl. The molecule has 2 aromatic carbocycles. The van der Waals surface area contributed by atoms with E-state index in [9.17, 15) is 9.18 Å². The zero-order valence-corrected chi connectivity index (χ0v) is 17.9. The van der Waals surface area contributed by atoms with Crippen molar-refractivity contribution in [2.24, 2.45) is 0 Å². The van der Waals surface area contributed by atoms with Gasteiger partial charge in [-0.1, -0.05) is 35.0 Å². The van der Waals surface area contributed by atoms with Gasteiger partial charge < -0.3 is 14.2 Å². The second kappa shape index (κ2) is 9.47. The Labute approximate surface area is 185 Å². The van der Waals surface area contributed by atoms with Crippen molar-refractivity contribution in [1.82, 2.24) is 15.0 Å². The van der Waals surface area contributed by atoms with Crippen molar-refractivity contribution in [2.75, 3.05) is 20.2 Å².